The molecule has 0 aromatic carbocycles. The maximum atomic E-state index is 11.0. The Balaban J connectivity index is -0.000000217. The van der Waals surface area contributed by atoms with Crippen molar-refractivity contribution in [2.75, 3.05) is 0 Å². The van der Waals surface area contributed by atoms with E-state index < -0.39 is 0 Å². The Morgan fingerprint density at radius 1 is 0.619 bits per heavy atom. The molecule has 0 saturated heterocycles. The molecule has 1 atom stereocenters. The summed E-state index contributed by atoms with van der Waals surface area (Å²) in [5, 5.41) is 0. The Morgan fingerprint density at radius 2 is 0.976 bits per heavy atom. The molecule has 1 saturated carbocycles. The van der Waals surface area contributed by atoms with Gasteiger partial charge in [-0.1, -0.05) is 104 Å². The van der Waals surface area contributed by atoms with Crippen LogP contribution in [0, 0.1) is 51.8 Å². The van der Waals surface area contributed by atoms with Crippen LogP contribution in [0.25, 0.3) is 0 Å². The van der Waals surface area contributed by atoms with Crippen molar-refractivity contribution in [2.45, 2.75) is 158 Å². The zero-order valence-corrected chi connectivity index (χ0v) is 31.6. The summed E-state index contributed by atoms with van der Waals surface area (Å²) >= 11 is 0. The second kappa shape index (κ2) is 21.1. The first kappa shape index (κ1) is 47.3. The van der Waals surface area contributed by atoms with Crippen molar-refractivity contribution in [3.63, 3.8) is 0 Å². The zero-order chi connectivity index (χ0) is 35.0. The molecule has 0 aromatic heterocycles. The van der Waals surface area contributed by atoms with Gasteiger partial charge >= 0.3 is 0 Å². The number of hydrogen-bond acceptors (Lipinski definition) is 5. The van der Waals surface area contributed by atoms with Crippen LogP contribution >= 0.6 is 0 Å². The highest BCUT2D eigenvalue weighted by Crippen LogP contribution is 2.52. The third-order valence-electron chi connectivity index (χ3n) is 9.67. The van der Waals surface area contributed by atoms with Crippen LogP contribution < -0.4 is 0 Å². The molecule has 0 heterocycles. The van der Waals surface area contributed by atoms with E-state index in [-0.39, 0.29) is 39.6 Å². The molecule has 1 rings (SSSR count). The van der Waals surface area contributed by atoms with Crippen LogP contribution in [0.4, 0.5) is 0 Å². The highest BCUT2D eigenvalue weighted by molar-refractivity contribution is 5.85. The van der Waals surface area contributed by atoms with Gasteiger partial charge in [-0.05, 0) is 76.5 Å². The largest absolute Gasteiger partial charge is 0.300 e. The minimum atomic E-state index is -0.139. The standard InChI is InChI=1S/C9H18O.C8H14O.C8H16O.C7H14O.C5H10O/c1-7(2)9(4,5)6-8(3)10;1-6(2)8(4-5-8)7(3)9;1-6(2)8(4,5)7(3)9;1-5(2)6(3)7(4)8;1-4(2)5(3)6/h7H,6H2,1-5H3;6H,4-5H2,1-3H3;6H,1-5H3;5-6H,1-4H3;4H,1-3H3. The normalized spacial score (nSPS) is 14.3. The molecule has 1 aliphatic carbocycles. The summed E-state index contributed by atoms with van der Waals surface area (Å²) in [5.41, 5.74) is 0.145. The van der Waals surface area contributed by atoms with Gasteiger partial charge in [0.25, 0.3) is 0 Å². The number of carbonyl (C=O) groups excluding carboxylic acids is 5. The van der Waals surface area contributed by atoms with E-state index in [0.29, 0.717) is 47.4 Å². The van der Waals surface area contributed by atoms with Gasteiger partial charge < -0.3 is 4.79 Å². The predicted octanol–water partition coefficient (Wildman–Crippen LogP) is 10.0. The molecule has 5 heteroatoms. The Hall–Kier alpha value is -1.65. The quantitative estimate of drug-likeness (QED) is 0.250. The monoisotopic (exact) mass is 597 g/mol. The van der Waals surface area contributed by atoms with Crippen molar-refractivity contribution in [1.29, 1.82) is 0 Å². The summed E-state index contributed by atoms with van der Waals surface area (Å²) in [5.74, 6) is 4.01. The van der Waals surface area contributed by atoms with E-state index in [1.54, 1.807) is 34.6 Å². The summed E-state index contributed by atoms with van der Waals surface area (Å²) in [6, 6.07) is 0. The van der Waals surface area contributed by atoms with Crippen LogP contribution in [-0.4, -0.2) is 28.9 Å². The zero-order valence-electron chi connectivity index (χ0n) is 31.6. The second-order valence-corrected chi connectivity index (χ2v) is 15.2. The van der Waals surface area contributed by atoms with E-state index in [1.165, 1.54) is 0 Å². The fourth-order valence-electron chi connectivity index (χ4n) is 3.19. The van der Waals surface area contributed by atoms with E-state index in [0.717, 1.165) is 12.8 Å². The third kappa shape index (κ3) is 21.1. The van der Waals surface area contributed by atoms with Crippen molar-refractivity contribution in [2.24, 2.45) is 51.8 Å². The topological polar surface area (TPSA) is 85.3 Å². The molecule has 5 nitrogen and oxygen atoms in total. The first-order valence-corrected chi connectivity index (χ1v) is 16.1. The minimum absolute atomic E-state index is 0.111. The van der Waals surface area contributed by atoms with Gasteiger partial charge in [0.1, 0.15) is 28.9 Å². The van der Waals surface area contributed by atoms with Crippen molar-refractivity contribution in [1.82, 2.24) is 0 Å². The molecule has 42 heavy (non-hydrogen) atoms. The van der Waals surface area contributed by atoms with E-state index in [4.69, 9.17) is 0 Å². The van der Waals surface area contributed by atoms with Gasteiger partial charge in [0.2, 0.25) is 0 Å². The molecule has 0 aromatic rings. The van der Waals surface area contributed by atoms with Crippen molar-refractivity contribution in [3.05, 3.63) is 0 Å². The smallest absolute Gasteiger partial charge is 0.136 e. The fourth-order valence-corrected chi connectivity index (χ4v) is 3.19. The summed E-state index contributed by atoms with van der Waals surface area (Å²) < 4.78 is 0. The van der Waals surface area contributed by atoms with Gasteiger partial charge in [-0.15, -0.1) is 0 Å². The maximum absolute atomic E-state index is 11.0. The molecule has 0 radical (unpaired) electrons. The molecule has 0 N–H and O–H groups in total. The number of ketones is 5. The second-order valence-electron chi connectivity index (χ2n) is 15.2. The van der Waals surface area contributed by atoms with Crippen molar-refractivity contribution >= 4 is 28.9 Å². The third-order valence-corrected chi connectivity index (χ3v) is 9.67. The molecule has 0 aliphatic heterocycles. The number of Topliss-reactive ketones (excluding diaryl/α,β-unsaturated/α-hetero) is 5. The highest BCUT2D eigenvalue weighted by Gasteiger charge is 2.49. The summed E-state index contributed by atoms with van der Waals surface area (Å²) in [7, 11) is 0. The van der Waals surface area contributed by atoms with Crippen molar-refractivity contribution in [3.8, 4) is 0 Å². The summed E-state index contributed by atoms with van der Waals surface area (Å²) in [6.45, 7) is 39.1. The van der Waals surface area contributed by atoms with Gasteiger partial charge in [-0.25, -0.2) is 0 Å². The van der Waals surface area contributed by atoms with Crippen LogP contribution in [0.5, 0.6) is 0 Å². The highest BCUT2D eigenvalue weighted by atomic mass is 16.1. The lowest BCUT2D eigenvalue weighted by atomic mass is 9.77. The SMILES string of the molecule is CC(=O)C(C)(C)C(C)C.CC(=O)C(C)C.CC(=O)C(C)C(C)C.CC(=O)C1(C(C)C)CC1.CC(=O)CC(C)(C)C(C)C. The van der Waals surface area contributed by atoms with Gasteiger partial charge in [0.05, 0.1) is 0 Å². The van der Waals surface area contributed by atoms with Gasteiger partial charge in [0.15, 0.2) is 0 Å². The van der Waals surface area contributed by atoms with E-state index >= 15 is 0 Å². The lowest BCUT2D eigenvalue weighted by Gasteiger charge is -2.27. The number of rotatable bonds is 10. The van der Waals surface area contributed by atoms with E-state index in [1.807, 2.05) is 34.6 Å². The van der Waals surface area contributed by atoms with Crippen LogP contribution in [0.15, 0.2) is 0 Å². The predicted molar refractivity (Wildman–Crippen MR) is 181 cm³/mol. The summed E-state index contributed by atoms with van der Waals surface area (Å²) in [4.78, 5) is 53.4. The van der Waals surface area contributed by atoms with Crippen LogP contribution in [0.2, 0.25) is 0 Å². The molecule has 1 unspecified atom stereocenters. The van der Waals surface area contributed by atoms with Crippen LogP contribution in [-0.2, 0) is 24.0 Å². The fraction of sp³-hybridized carbons (Fsp3) is 0.865. The number of carbonyl (C=O) groups is 5. The lowest BCUT2D eigenvalue weighted by molar-refractivity contribution is -0.127. The Kier molecular flexibility index (Phi) is 23.8. The maximum Gasteiger partial charge on any atom is 0.136 e. The Morgan fingerprint density at radius 3 is 1.00 bits per heavy atom. The molecule has 0 spiro atoms. The average Bonchev–Trinajstić information content (AvgIpc) is 3.61. The molecule has 0 amide bonds. The number of hydrogen-bond donors (Lipinski definition) is 0. The van der Waals surface area contributed by atoms with Crippen molar-refractivity contribution < 1.29 is 24.0 Å². The van der Waals surface area contributed by atoms with E-state index in [2.05, 4.69) is 69.2 Å². The first-order chi connectivity index (χ1) is 18.5. The molecule has 1 aliphatic rings. The average molecular weight is 597 g/mol. The Bertz CT molecular complexity index is 801. The Labute approximate surface area is 262 Å². The molecule has 1 fully saturated rings. The van der Waals surface area contributed by atoms with Crippen LogP contribution in [0.1, 0.15) is 158 Å². The molecule has 250 valence electrons. The molecule has 0 bridgehead atoms. The van der Waals surface area contributed by atoms with Crippen LogP contribution in [0.3, 0.4) is 0 Å². The minimum Gasteiger partial charge on any atom is -0.300 e. The van der Waals surface area contributed by atoms with E-state index in [9.17, 15) is 24.0 Å². The molecular formula is C37H72O5. The lowest BCUT2D eigenvalue weighted by Crippen LogP contribution is -2.27. The summed E-state index contributed by atoms with van der Waals surface area (Å²) in [6.07, 6.45) is 2.95. The first-order valence-electron chi connectivity index (χ1n) is 16.1. The van der Waals surface area contributed by atoms with Gasteiger partial charge in [0, 0.05) is 29.1 Å². The molecular weight excluding hydrogens is 524 g/mol. The van der Waals surface area contributed by atoms with Gasteiger partial charge in [-0.2, -0.15) is 0 Å². The van der Waals surface area contributed by atoms with Gasteiger partial charge in [-0.3, -0.25) is 19.2 Å².